The summed E-state index contributed by atoms with van der Waals surface area (Å²) < 4.78 is 20.3. The molecule has 0 fully saturated rings. The maximum absolute atomic E-state index is 12.6. The monoisotopic (exact) mass is 522 g/mol. The number of rotatable bonds is 8. The Kier molecular flexibility index (Phi) is 8.50. The van der Waals surface area contributed by atoms with Crippen molar-refractivity contribution in [3.8, 4) is 11.9 Å². The van der Waals surface area contributed by atoms with Gasteiger partial charge in [0.15, 0.2) is 5.13 Å². The number of ether oxygens (including phenoxy) is 4. The molecule has 0 unspecified atom stereocenters. The van der Waals surface area contributed by atoms with E-state index in [9.17, 15) is 14.4 Å². The van der Waals surface area contributed by atoms with Crippen LogP contribution in [0.5, 0.6) is 11.9 Å². The van der Waals surface area contributed by atoms with Crippen molar-refractivity contribution in [3.63, 3.8) is 0 Å². The van der Waals surface area contributed by atoms with E-state index >= 15 is 0 Å². The Labute approximate surface area is 212 Å². The number of carbonyl (C=O) groups is 3. The van der Waals surface area contributed by atoms with E-state index < -0.39 is 29.6 Å². The molecule has 3 rings (SSSR count). The molecule has 2 amide bonds. The summed E-state index contributed by atoms with van der Waals surface area (Å²) >= 11 is 1.31. The third kappa shape index (κ3) is 7.16. The topological polar surface area (TPSA) is 154 Å². The molecule has 36 heavy (non-hydrogen) atoms. The van der Waals surface area contributed by atoms with Gasteiger partial charge in [-0.15, -0.1) is 0 Å². The molecule has 1 aliphatic rings. The molecule has 14 heteroatoms. The fourth-order valence-electron chi connectivity index (χ4n) is 3.37. The standard InChI is InChI=1S/C22H30N6O7S/c1-22(2,3)35-17(29)9-13(18(30)33-5)23-19(31)27-21-24-12-7-8-28(11-14(12)36-21)15-10-16(32-4)26-20(25-15)34-6/h10,13H,7-9,11H2,1-6H3,(H2,23,24,27,31)/t13-/m0/s1. The minimum atomic E-state index is -1.21. The van der Waals surface area contributed by atoms with Crippen LogP contribution in [0.25, 0.3) is 0 Å². The highest BCUT2D eigenvalue weighted by molar-refractivity contribution is 7.15. The van der Waals surface area contributed by atoms with Gasteiger partial charge in [0.25, 0.3) is 0 Å². The van der Waals surface area contributed by atoms with Crippen molar-refractivity contribution >= 4 is 40.3 Å². The lowest BCUT2D eigenvalue weighted by molar-refractivity contribution is -0.158. The van der Waals surface area contributed by atoms with Gasteiger partial charge in [-0.25, -0.2) is 14.6 Å². The summed E-state index contributed by atoms with van der Waals surface area (Å²) in [5.74, 6) is -0.368. The molecule has 0 saturated heterocycles. The lowest BCUT2D eigenvalue weighted by Crippen LogP contribution is -2.45. The first kappa shape index (κ1) is 26.9. The van der Waals surface area contributed by atoms with Crippen molar-refractivity contribution in [2.24, 2.45) is 0 Å². The van der Waals surface area contributed by atoms with Crippen molar-refractivity contribution in [2.75, 3.05) is 38.1 Å². The maximum Gasteiger partial charge on any atom is 0.329 e. The minimum absolute atomic E-state index is 0.199. The molecular formula is C22H30N6O7S. The van der Waals surface area contributed by atoms with E-state index in [-0.39, 0.29) is 12.4 Å². The number of esters is 2. The fraction of sp³-hybridized carbons (Fsp3) is 0.545. The Bertz CT molecular complexity index is 1090. The van der Waals surface area contributed by atoms with E-state index in [1.165, 1.54) is 32.7 Å². The maximum atomic E-state index is 12.6. The molecule has 2 N–H and O–H groups in total. The van der Waals surface area contributed by atoms with Crippen LogP contribution in [0.4, 0.5) is 15.7 Å². The van der Waals surface area contributed by atoms with Gasteiger partial charge >= 0.3 is 24.0 Å². The molecule has 0 bridgehead atoms. The summed E-state index contributed by atoms with van der Waals surface area (Å²) in [5, 5.41) is 5.45. The molecule has 13 nitrogen and oxygen atoms in total. The van der Waals surface area contributed by atoms with E-state index in [4.69, 9.17) is 18.9 Å². The number of amides is 2. The lowest BCUT2D eigenvalue weighted by atomic mass is 10.1. The van der Waals surface area contributed by atoms with Crippen LogP contribution >= 0.6 is 11.3 Å². The molecule has 0 saturated carbocycles. The van der Waals surface area contributed by atoms with Crippen LogP contribution in [0.15, 0.2) is 6.07 Å². The Balaban J connectivity index is 1.65. The number of nitrogens with zero attached hydrogens (tertiary/aromatic N) is 4. The number of carbonyl (C=O) groups excluding carboxylic acids is 3. The number of thiazole rings is 1. The summed E-state index contributed by atoms with van der Waals surface area (Å²) in [7, 11) is 4.18. The summed E-state index contributed by atoms with van der Waals surface area (Å²) in [4.78, 5) is 52.8. The van der Waals surface area contributed by atoms with Crippen LogP contribution in [0.1, 0.15) is 37.8 Å². The molecule has 196 valence electrons. The SMILES string of the molecule is COC(=O)[C@H](CC(=O)OC(C)(C)C)NC(=O)Nc1nc2c(s1)CN(c1cc(OC)nc(OC)n1)CC2. The predicted octanol–water partition coefficient (Wildman–Crippen LogP) is 1.91. The van der Waals surface area contributed by atoms with Gasteiger partial charge in [-0.1, -0.05) is 11.3 Å². The quantitative estimate of drug-likeness (QED) is 0.489. The normalized spacial score (nSPS) is 13.8. The predicted molar refractivity (Wildman–Crippen MR) is 130 cm³/mol. The van der Waals surface area contributed by atoms with Gasteiger partial charge < -0.3 is 29.2 Å². The zero-order chi connectivity index (χ0) is 26.5. The number of nitrogens with one attached hydrogen (secondary N) is 2. The van der Waals surface area contributed by atoms with Gasteiger partial charge in [0.1, 0.15) is 17.5 Å². The second kappa shape index (κ2) is 11.4. The molecule has 0 spiro atoms. The van der Waals surface area contributed by atoms with Gasteiger partial charge in [-0.2, -0.15) is 9.97 Å². The Morgan fingerprint density at radius 3 is 2.53 bits per heavy atom. The smallest absolute Gasteiger partial charge is 0.329 e. The molecule has 0 radical (unpaired) electrons. The van der Waals surface area contributed by atoms with Crippen molar-refractivity contribution in [2.45, 2.75) is 51.8 Å². The third-order valence-electron chi connectivity index (χ3n) is 4.92. The first-order valence-electron chi connectivity index (χ1n) is 11.1. The van der Waals surface area contributed by atoms with E-state index in [0.29, 0.717) is 36.3 Å². The molecule has 1 aliphatic heterocycles. The molecule has 0 aliphatic carbocycles. The van der Waals surface area contributed by atoms with E-state index in [0.717, 1.165) is 10.6 Å². The highest BCUT2D eigenvalue weighted by Gasteiger charge is 2.29. The molecular weight excluding hydrogens is 492 g/mol. The number of hydrogen-bond donors (Lipinski definition) is 2. The van der Waals surface area contributed by atoms with Crippen LogP contribution in [-0.2, 0) is 32.0 Å². The third-order valence-corrected chi connectivity index (χ3v) is 5.92. The Morgan fingerprint density at radius 2 is 1.89 bits per heavy atom. The van der Waals surface area contributed by atoms with Crippen LogP contribution in [-0.4, -0.2) is 72.4 Å². The number of anilines is 2. The van der Waals surface area contributed by atoms with Gasteiger partial charge in [0, 0.05) is 23.9 Å². The van der Waals surface area contributed by atoms with Crippen LogP contribution in [0.2, 0.25) is 0 Å². The number of aromatic nitrogens is 3. The van der Waals surface area contributed by atoms with Crippen molar-refractivity contribution < 1.29 is 33.3 Å². The molecule has 2 aromatic heterocycles. The van der Waals surface area contributed by atoms with Crippen molar-refractivity contribution in [1.82, 2.24) is 20.3 Å². The van der Waals surface area contributed by atoms with Gasteiger partial charge in [0.05, 0.1) is 40.0 Å². The number of urea groups is 1. The van der Waals surface area contributed by atoms with Gasteiger partial charge in [0.2, 0.25) is 5.88 Å². The summed E-state index contributed by atoms with van der Waals surface area (Å²) in [5.41, 5.74) is 0.133. The Hall–Kier alpha value is -3.68. The largest absolute Gasteiger partial charge is 0.481 e. The van der Waals surface area contributed by atoms with Crippen LogP contribution < -0.4 is 25.0 Å². The van der Waals surface area contributed by atoms with Crippen LogP contribution in [0.3, 0.4) is 0 Å². The highest BCUT2D eigenvalue weighted by atomic mass is 32.1. The zero-order valence-electron chi connectivity index (χ0n) is 21.0. The van der Waals surface area contributed by atoms with Crippen molar-refractivity contribution in [1.29, 1.82) is 0 Å². The average molecular weight is 523 g/mol. The fourth-order valence-corrected chi connectivity index (χ4v) is 4.39. The summed E-state index contributed by atoms with van der Waals surface area (Å²) in [6, 6.07) is 0.0172. The van der Waals surface area contributed by atoms with Crippen LogP contribution in [0, 0.1) is 0 Å². The lowest BCUT2D eigenvalue weighted by Gasteiger charge is -2.27. The van der Waals surface area contributed by atoms with E-state index in [1.807, 2.05) is 4.90 Å². The van der Waals surface area contributed by atoms with Crippen molar-refractivity contribution in [3.05, 3.63) is 16.6 Å². The minimum Gasteiger partial charge on any atom is -0.481 e. The second-order valence-corrected chi connectivity index (χ2v) is 9.86. The first-order valence-corrected chi connectivity index (χ1v) is 11.9. The van der Waals surface area contributed by atoms with E-state index in [2.05, 4.69) is 25.6 Å². The molecule has 3 heterocycles. The summed E-state index contributed by atoms with van der Waals surface area (Å²) in [6.45, 7) is 6.29. The zero-order valence-corrected chi connectivity index (χ0v) is 21.9. The molecule has 0 aromatic carbocycles. The molecule has 2 aromatic rings. The first-order chi connectivity index (χ1) is 17.0. The molecule has 1 atom stereocenters. The average Bonchev–Trinajstić information content (AvgIpc) is 3.22. The highest BCUT2D eigenvalue weighted by Crippen LogP contribution is 2.31. The Morgan fingerprint density at radius 1 is 1.14 bits per heavy atom. The van der Waals surface area contributed by atoms with Gasteiger partial charge in [-0.05, 0) is 20.8 Å². The number of hydrogen-bond acceptors (Lipinski definition) is 12. The second-order valence-electron chi connectivity index (χ2n) is 8.78. The summed E-state index contributed by atoms with van der Waals surface area (Å²) in [6.07, 6.45) is 0.264. The van der Waals surface area contributed by atoms with E-state index in [1.54, 1.807) is 26.8 Å². The number of methoxy groups -OCH3 is 3. The number of fused-ring (bicyclic) bond motifs is 1. The van der Waals surface area contributed by atoms with Gasteiger partial charge in [-0.3, -0.25) is 10.1 Å².